The van der Waals surface area contributed by atoms with Crippen LogP contribution in [0.4, 0.5) is 4.79 Å². The van der Waals surface area contributed by atoms with Crippen LogP contribution in [0.15, 0.2) is 0 Å². The van der Waals surface area contributed by atoms with Crippen LogP contribution in [0.1, 0.15) is 65.7 Å². The molecule has 1 aliphatic rings. The first kappa shape index (κ1) is 20.3. The van der Waals surface area contributed by atoms with Gasteiger partial charge in [0, 0.05) is 12.5 Å². The van der Waals surface area contributed by atoms with Crippen LogP contribution in [0.2, 0.25) is 0 Å². The summed E-state index contributed by atoms with van der Waals surface area (Å²) in [7, 11) is 0. The molecule has 0 aromatic rings. The molecule has 7 heteroatoms. The Labute approximate surface area is 143 Å². The molecule has 1 aliphatic carbocycles. The zero-order valence-corrected chi connectivity index (χ0v) is 14.9. The Hall–Kier alpha value is -1.79. The third-order valence-electron chi connectivity index (χ3n) is 3.93. The van der Waals surface area contributed by atoms with Gasteiger partial charge < -0.3 is 20.5 Å². The largest absolute Gasteiger partial charge is 0.480 e. The maximum absolute atomic E-state index is 12.0. The quantitative estimate of drug-likeness (QED) is 0.588. The van der Waals surface area contributed by atoms with E-state index in [4.69, 9.17) is 4.74 Å². The predicted octanol–water partition coefficient (Wildman–Crippen LogP) is 2.44. The highest BCUT2D eigenvalue weighted by atomic mass is 16.6. The van der Waals surface area contributed by atoms with Crippen molar-refractivity contribution in [2.45, 2.75) is 77.4 Å². The third kappa shape index (κ3) is 8.17. The van der Waals surface area contributed by atoms with Gasteiger partial charge in [0.1, 0.15) is 11.6 Å². The highest BCUT2D eigenvalue weighted by molar-refractivity contribution is 5.85. The standard InChI is InChI=1S/C17H30N2O5/c1-17(2,3)24-16(23)18-11-7-6-10-13(15(21)22)19-14(20)12-8-4-5-9-12/h12-13H,4-11H2,1-3H3,(H,18,23)(H,19,20)(H,21,22). The van der Waals surface area contributed by atoms with Crippen molar-refractivity contribution in [2.75, 3.05) is 6.54 Å². The Morgan fingerprint density at radius 2 is 1.79 bits per heavy atom. The molecule has 0 aromatic heterocycles. The number of nitrogens with one attached hydrogen (secondary N) is 2. The van der Waals surface area contributed by atoms with Gasteiger partial charge >= 0.3 is 12.1 Å². The van der Waals surface area contributed by atoms with Crippen molar-refractivity contribution in [1.82, 2.24) is 10.6 Å². The minimum absolute atomic E-state index is 0.0410. The molecule has 1 saturated carbocycles. The number of carbonyl (C=O) groups excluding carboxylic acids is 2. The SMILES string of the molecule is CC(C)(C)OC(=O)NCCCCC(NC(=O)C1CCCC1)C(=O)O. The Morgan fingerprint density at radius 3 is 2.33 bits per heavy atom. The minimum atomic E-state index is -1.01. The molecule has 0 aliphatic heterocycles. The van der Waals surface area contributed by atoms with Gasteiger partial charge in [0.2, 0.25) is 5.91 Å². The number of hydrogen-bond acceptors (Lipinski definition) is 4. The van der Waals surface area contributed by atoms with Crippen LogP contribution in [0, 0.1) is 5.92 Å². The molecular weight excluding hydrogens is 312 g/mol. The highest BCUT2D eigenvalue weighted by Crippen LogP contribution is 2.24. The van der Waals surface area contributed by atoms with Gasteiger partial charge in [0.25, 0.3) is 0 Å². The molecule has 138 valence electrons. The van der Waals surface area contributed by atoms with E-state index in [1.807, 2.05) is 0 Å². The summed E-state index contributed by atoms with van der Waals surface area (Å²) in [4.78, 5) is 34.8. The number of hydrogen-bond donors (Lipinski definition) is 3. The fraction of sp³-hybridized carbons (Fsp3) is 0.824. The van der Waals surface area contributed by atoms with Crippen molar-refractivity contribution in [1.29, 1.82) is 0 Å². The van der Waals surface area contributed by atoms with Gasteiger partial charge in [-0.15, -0.1) is 0 Å². The van der Waals surface area contributed by atoms with Gasteiger partial charge in [-0.3, -0.25) is 4.79 Å². The summed E-state index contributed by atoms with van der Waals surface area (Å²) in [6.07, 6.45) is 4.85. The van der Waals surface area contributed by atoms with Crippen LogP contribution >= 0.6 is 0 Å². The van der Waals surface area contributed by atoms with Gasteiger partial charge in [0.15, 0.2) is 0 Å². The van der Waals surface area contributed by atoms with E-state index in [1.54, 1.807) is 20.8 Å². The molecule has 0 bridgehead atoms. The predicted molar refractivity (Wildman–Crippen MR) is 89.6 cm³/mol. The van der Waals surface area contributed by atoms with E-state index in [1.165, 1.54) is 0 Å². The first-order chi connectivity index (χ1) is 11.2. The van der Waals surface area contributed by atoms with Crippen LogP contribution in [-0.4, -0.2) is 41.3 Å². The zero-order chi connectivity index (χ0) is 18.2. The molecule has 0 radical (unpaired) electrons. The summed E-state index contributed by atoms with van der Waals surface area (Å²) in [6, 6.07) is -0.861. The van der Waals surface area contributed by atoms with E-state index in [2.05, 4.69) is 10.6 Å². The van der Waals surface area contributed by atoms with E-state index in [0.29, 0.717) is 25.8 Å². The van der Waals surface area contributed by atoms with E-state index in [0.717, 1.165) is 25.7 Å². The van der Waals surface area contributed by atoms with Gasteiger partial charge in [-0.2, -0.15) is 0 Å². The number of ether oxygens (including phenoxy) is 1. The summed E-state index contributed by atoms with van der Waals surface area (Å²) in [5.41, 5.74) is -0.539. The average molecular weight is 342 g/mol. The normalized spacial score (nSPS) is 16.5. The van der Waals surface area contributed by atoms with Crippen molar-refractivity contribution < 1.29 is 24.2 Å². The Morgan fingerprint density at radius 1 is 1.17 bits per heavy atom. The number of carbonyl (C=O) groups is 3. The fourth-order valence-corrected chi connectivity index (χ4v) is 2.71. The van der Waals surface area contributed by atoms with Gasteiger partial charge in [-0.1, -0.05) is 12.8 Å². The van der Waals surface area contributed by atoms with E-state index in [-0.39, 0.29) is 11.8 Å². The van der Waals surface area contributed by atoms with Crippen molar-refractivity contribution in [3.8, 4) is 0 Å². The third-order valence-corrected chi connectivity index (χ3v) is 3.93. The van der Waals surface area contributed by atoms with Gasteiger partial charge in [-0.05, 0) is 52.9 Å². The number of carboxylic acids is 1. The number of rotatable bonds is 8. The van der Waals surface area contributed by atoms with Crippen molar-refractivity contribution in [3.63, 3.8) is 0 Å². The summed E-state index contributed by atoms with van der Waals surface area (Å²) in [6.45, 7) is 5.78. The summed E-state index contributed by atoms with van der Waals surface area (Å²) < 4.78 is 5.11. The molecule has 0 spiro atoms. The van der Waals surface area contributed by atoms with Gasteiger partial charge in [-0.25, -0.2) is 9.59 Å². The molecule has 7 nitrogen and oxygen atoms in total. The number of amides is 2. The molecule has 0 saturated heterocycles. The molecule has 1 fully saturated rings. The second kappa shape index (κ2) is 9.49. The molecule has 1 atom stereocenters. The highest BCUT2D eigenvalue weighted by Gasteiger charge is 2.27. The molecule has 0 aromatic carbocycles. The summed E-state index contributed by atoms with van der Waals surface area (Å²) in [5, 5.41) is 14.5. The lowest BCUT2D eigenvalue weighted by molar-refractivity contribution is -0.142. The summed E-state index contributed by atoms with van der Waals surface area (Å²) >= 11 is 0. The number of carboxylic acid groups (broad SMARTS) is 1. The van der Waals surface area contributed by atoms with Gasteiger partial charge in [0.05, 0.1) is 0 Å². The number of aliphatic carboxylic acids is 1. The lowest BCUT2D eigenvalue weighted by atomic mass is 10.1. The molecule has 2 amide bonds. The van der Waals surface area contributed by atoms with Crippen molar-refractivity contribution >= 4 is 18.0 Å². The lowest BCUT2D eigenvalue weighted by Crippen LogP contribution is -2.43. The molecule has 3 N–H and O–H groups in total. The van der Waals surface area contributed by atoms with E-state index < -0.39 is 23.7 Å². The second-order valence-electron chi connectivity index (χ2n) is 7.31. The lowest BCUT2D eigenvalue weighted by Gasteiger charge is -2.20. The Balaban J connectivity index is 2.23. The average Bonchev–Trinajstić information content (AvgIpc) is 2.97. The molecular formula is C17H30N2O5. The molecule has 1 unspecified atom stereocenters. The van der Waals surface area contributed by atoms with E-state index in [9.17, 15) is 19.5 Å². The monoisotopic (exact) mass is 342 g/mol. The molecule has 0 heterocycles. The molecule has 24 heavy (non-hydrogen) atoms. The first-order valence-electron chi connectivity index (χ1n) is 8.69. The van der Waals surface area contributed by atoms with Crippen LogP contribution in [0.5, 0.6) is 0 Å². The number of alkyl carbamates (subject to hydrolysis) is 1. The maximum Gasteiger partial charge on any atom is 0.407 e. The van der Waals surface area contributed by atoms with Crippen molar-refractivity contribution in [3.05, 3.63) is 0 Å². The van der Waals surface area contributed by atoms with Crippen LogP contribution in [0.25, 0.3) is 0 Å². The smallest absolute Gasteiger partial charge is 0.407 e. The maximum atomic E-state index is 12.0. The van der Waals surface area contributed by atoms with Crippen LogP contribution in [-0.2, 0) is 14.3 Å². The van der Waals surface area contributed by atoms with Crippen LogP contribution in [0.3, 0.4) is 0 Å². The fourth-order valence-electron chi connectivity index (χ4n) is 2.71. The summed E-state index contributed by atoms with van der Waals surface area (Å²) in [5.74, 6) is -1.20. The topological polar surface area (TPSA) is 105 Å². The Bertz CT molecular complexity index is 439. The first-order valence-corrected chi connectivity index (χ1v) is 8.69. The van der Waals surface area contributed by atoms with Crippen molar-refractivity contribution in [2.24, 2.45) is 5.92 Å². The minimum Gasteiger partial charge on any atom is -0.480 e. The second-order valence-corrected chi connectivity index (χ2v) is 7.31. The zero-order valence-electron chi connectivity index (χ0n) is 14.9. The number of unbranched alkanes of at least 4 members (excludes halogenated alkanes) is 1. The Kier molecular flexibility index (Phi) is 8.01. The van der Waals surface area contributed by atoms with E-state index >= 15 is 0 Å². The molecule has 1 rings (SSSR count). The van der Waals surface area contributed by atoms with Crippen LogP contribution < -0.4 is 10.6 Å².